The van der Waals surface area contributed by atoms with Gasteiger partial charge in [0.05, 0.1) is 0 Å². The van der Waals surface area contributed by atoms with E-state index < -0.39 is 0 Å². The highest BCUT2D eigenvalue weighted by Crippen LogP contribution is 2.12. The van der Waals surface area contributed by atoms with Crippen molar-refractivity contribution >= 4 is 11.7 Å². The number of hydrogen-bond donors (Lipinski definition) is 0. The van der Waals surface area contributed by atoms with E-state index in [1.54, 1.807) is 4.90 Å². The number of rotatable bonds is 2. The molecular weight excluding hydrogens is 154 g/mol. The van der Waals surface area contributed by atoms with Crippen LogP contribution >= 0.6 is 0 Å². The average Bonchev–Trinajstić information content (AvgIpc) is 2.08. The highest BCUT2D eigenvalue weighted by atomic mass is 16.2. The predicted octanol–water partition coefficient (Wildman–Crippen LogP) is 0.976. The Morgan fingerprint density at radius 1 is 1.50 bits per heavy atom. The third-order valence-corrected chi connectivity index (χ3v) is 2.43. The summed E-state index contributed by atoms with van der Waals surface area (Å²) >= 11 is 0. The van der Waals surface area contributed by atoms with Crippen LogP contribution < -0.4 is 0 Å². The van der Waals surface area contributed by atoms with Gasteiger partial charge in [-0.25, -0.2) is 0 Å². The van der Waals surface area contributed by atoms with Crippen LogP contribution in [0.4, 0.5) is 0 Å². The van der Waals surface area contributed by atoms with Crippen LogP contribution in [0.5, 0.6) is 0 Å². The lowest BCUT2D eigenvalue weighted by Crippen LogP contribution is -2.46. The molecule has 0 aromatic rings. The number of carbonyl (C=O) groups is 2. The molecule has 1 heterocycles. The lowest BCUT2D eigenvalue weighted by atomic mass is 10.1. The van der Waals surface area contributed by atoms with Crippen molar-refractivity contribution in [1.29, 1.82) is 0 Å². The molecule has 1 rings (SSSR count). The van der Waals surface area contributed by atoms with E-state index in [9.17, 15) is 9.59 Å². The Morgan fingerprint density at radius 2 is 2.17 bits per heavy atom. The normalized spacial score (nSPS) is 21.3. The number of hydrogen-bond acceptors (Lipinski definition) is 2. The van der Waals surface area contributed by atoms with Crippen molar-refractivity contribution in [2.75, 3.05) is 6.54 Å². The van der Waals surface area contributed by atoms with E-state index in [0.717, 1.165) is 19.4 Å². The topological polar surface area (TPSA) is 37.4 Å². The van der Waals surface area contributed by atoms with Crippen molar-refractivity contribution < 1.29 is 9.59 Å². The third kappa shape index (κ3) is 1.65. The molecule has 3 nitrogen and oxygen atoms in total. The summed E-state index contributed by atoms with van der Waals surface area (Å²) in [6.07, 6.45) is 2.18. The summed E-state index contributed by atoms with van der Waals surface area (Å²) in [5, 5.41) is 0. The molecule has 0 aliphatic carbocycles. The van der Waals surface area contributed by atoms with Crippen molar-refractivity contribution in [1.82, 2.24) is 4.90 Å². The first-order chi connectivity index (χ1) is 5.66. The minimum Gasteiger partial charge on any atom is -0.333 e. The molecule has 0 aromatic carbocycles. The van der Waals surface area contributed by atoms with E-state index in [1.807, 2.05) is 13.8 Å². The van der Waals surface area contributed by atoms with Crippen LogP contribution in [0.2, 0.25) is 0 Å². The molecule has 0 N–H and O–H groups in total. The van der Waals surface area contributed by atoms with Crippen LogP contribution in [0.15, 0.2) is 0 Å². The van der Waals surface area contributed by atoms with Crippen molar-refractivity contribution in [3.8, 4) is 0 Å². The van der Waals surface area contributed by atoms with Gasteiger partial charge < -0.3 is 4.90 Å². The molecule has 1 atom stereocenters. The second-order valence-electron chi connectivity index (χ2n) is 3.28. The highest BCUT2D eigenvalue weighted by Gasteiger charge is 2.28. The van der Waals surface area contributed by atoms with E-state index in [-0.39, 0.29) is 17.7 Å². The Hall–Kier alpha value is -0.860. The molecule has 0 bridgehead atoms. The second-order valence-corrected chi connectivity index (χ2v) is 3.28. The maximum atomic E-state index is 11.3. The minimum absolute atomic E-state index is 0.210. The van der Waals surface area contributed by atoms with Gasteiger partial charge in [-0.2, -0.15) is 0 Å². The molecule has 0 aromatic heterocycles. The number of ketones is 1. The van der Waals surface area contributed by atoms with Crippen LogP contribution in [0.25, 0.3) is 0 Å². The Labute approximate surface area is 72.7 Å². The maximum Gasteiger partial charge on any atom is 0.290 e. The van der Waals surface area contributed by atoms with Gasteiger partial charge in [0.25, 0.3) is 5.91 Å². The Kier molecular flexibility index (Phi) is 2.84. The minimum atomic E-state index is -0.282. The van der Waals surface area contributed by atoms with Crippen molar-refractivity contribution in [3.05, 3.63) is 0 Å². The Bertz CT molecular complexity index is 201. The van der Waals surface area contributed by atoms with E-state index in [0.29, 0.717) is 6.42 Å². The van der Waals surface area contributed by atoms with Crippen LogP contribution in [-0.4, -0.2) is 29.2 Å². The summed E-state index contributed by atoms with van der Waals surface area (Å²) in [4.78, 5) is 24.0. The van der Waals surface area contributed by atoms with Gasteiger partial charge in [0.1, 0.15) is 0 Å². The zero-order valence-electron chi connectivity index (χ0n) is 7.67. The van der Waals surface area contributed by atoms with Gasteiger partial charge in [0, 0.05) is 19.0 Å². The summed E-state index contributed by atoms with van der Waals surface area (Å²) in [6, 6.07) is 0.210. The predicted molar refractivity (Wildman–Crippen MR) is 45.7 cm³/mol. The number of piperidine rings is 1. The molecule has 1 aliphatic heterocycles. The standard InChI is InChI=1S/C9H15NO2/c1-3-7(2)10-6-4-5-8(11)9(10)12/h7H,3-6H2,1-2H3. The van der Waals surface area contributed by atoms with E-state index in [4.69, 9.17) is 0 Å². The number of amides is 1. The molecule has 12 heavy (non-hydrogen) atoms. The fourth-order valence-electron chi connectivity index (χ4n) is 1.42. The van der Waals surface area contributed by atoms with E-state index in [2.05, 4.69) is 0 Å². The largest absolute Gasteiger partial charge is 0.333 e. The molecule has 68 valence electrons. The quantitative estimate of drug-likeness (QED) is 0.578. The number of likely N-dealkylation sites (tertiary alicyclic amines) is 1. The van der Waals surface area contributed by atoms with Gasteiger partial charge in [-0.05, 0) is 19.8 Å². The fourth-order valence-corrected chi connectivity index (χ4v) is 1.42. The van der Waals surface area contributed by atoms with Crippen molar-refractivity contribution in [3.63, 3.8) is 0 Å². The molecule has 1 aliphatic rings. The summed E-state index contributed by atoms with van der Waals surface area (Å²) in [7, 11) is 0. The number of carbonyl (C=O) groups excluding carboxylic acids is 2. The molecule has 3 heteroatoms. The second kappa shape index (κ2) is 3.70. The molecule has 1 saturated heterocycles. The fraction of sp³-hybridized carbons (Fsp3) is 0.778. The van der Waals surface area contributed by atoms with Gasteiger partial charge in [-0.1, -0.05) is 6.92 Å². The molecule has 1 unspecified atom stereocenters. The number of Topliss-reactive ketones (excluding diaryl/α,β-unsaturated/α-hetero) is 1. The summed E-state index contributed by atoms with van der Waals surface area (Å²) in [5.74, 6) is -0.503. The Morgan fingerprint density at radius 3 is 2.75 bits per heavy atom. The first-order valence-corrected chi connectivity index (χ1v) is 4.50. The lowest BCUT2D eigenvalue weighted by Gasteiger charge is -2.30. The molecule has 1 fully saturated rings. The molecule has 0 saturated carbocycles. The monoisotopic (exact) mass is 169 g/mol. The molecule has 0 spiro atoms. The zero-order valence-corrected chi connectivity index (χ0v) is 7.67. The van der Waals surface area contributed by atoms with Gasteiger partial charge in [-0.3, -0.25) is 9.59 Å². The molecule has 0 radical (unpaired) electrons. The summed E-state index contributed by atoms with van der Waals surface area (Å²) in [6.45, 7) is 4.76. The van der Waals surface area contributed by atoms with Crippen molar-refractivity contribution in [2.45, 2.75) is 39.2 Å². The lowest BCUT2D eigenvalue weighted by molar-refractivity contribution is -0.148. The van der Waals surface area contributed by atoms with Gasteiger partial charge >= 0.3 is 0 Å². The van der Waals surface area contributed by atoms with E-state index >= 15 is 0 Å². The Balaban J connectivity index is 2.64. The van der Waals surface area contributed by atoms with Crippen LogP contribution in [0.3, 0.4) is 0 Å². The molecular formula is C9H15NO2. The first kappa shape index (κ1) is 9.23. The van der Waals surface area contributed by atoms with Crippen LogP contribution in [-0.2, 0) is 9.59 Å². The zero-order chi connectivity index (χ0) is 9.14. The van der Waals surface area contributed by atoms with Crippen LogP contribution in [0, 0.1) is 0 Å². The van der Waals surface area contributed by atoms with Gasteiger partial charge in [0.2, 0.25) is 5.78 Å². The summed E-state index contributed by atoms with van der Waals surface area (Å²) in [5.41, 5.74) is 0. The molecule has 1 amide bonds. The third-order valence-electron chi connectivity index (χ3n) is 2.43. The first-order valence-electron chi connectivity index (χ1n) is 4.50. The SMILES string of the molecule is CCC(C)N1CCCC(=O)C1=O. The van der Waals surface area contributed by atoms with Crippen LogP contribution in [0.1, 0.15) is 33.1 Å². The van der Waals surface area contributed by atoms with E-state index in [1.165, 1.54) is 0 Å². The highest BCUT2D eigenvalue weighted by molar-refractivity contribution is 6.36. The average molecular weight is 169 g/mol. The van der Waals surface area contributed by atoms with Gasteiger partial charge in [-0.15, -0.1) is 0 Å². The number of nitrogens with zero attached hydrogens (tertiary/aromatic N) is 1. The smallest absolute Gasteiger partial charge is 0.290 e. The maximum absolute atomic E-state index is 11.3. The van der Waals surface area contributed by atoms with Crippen molar-refractivity contribution in [2.24, 2.45) is 0 Å². The van der Waals surface area contributed by atoms with Gasteiger partial charge in [0.15, 0.2) is 0 Å². The summed E-state index contributed by atoms with van der Waals surface area (Å²) < 4.78 is 0.